The average molecular weight is 383 g/mol. The molecule has 0 saturated heterocycles. The molecule has 0 unspecified atom stereocenters. The second kappa shape index (κ2) is 7.47. The van der Waals surface area contributed by atoms with E-state index >= 15 is 0 Å². The quantitative estimate of drug-likeness (QED) is 0.746. The summed E-state index contributed by atoms with van der Waals surface area (Å²) in [6, 6.07) is 7.71. The van der Waals surface area contributed by atoms with Gasteiger partial charge in [-0.05, 0) is 24.1 Å². The van der Waals surface area contributed by atoms with Crippen molar-refractivity contribution in [1.29, 1.82) is 0 Å². The fraction of sp³-hybridized carbons (Fsp3) is 0.350. The summed E-state index contributed by atoms with van der Waals surface area (Å²) in [6.45, 7) is 1.10. The van der Waals surface area contributed by atoms with Crippen LogP contribution in [0.5, 0.6) is 0 Å². The zero-order chi connectivity index (χ0) is 19.7. The lowest BCUT2D eigenvalue weighted by Crippen LogP contribution is -2.38. The zero-order valence-corrected chi connectivity index (χ0v) is 15.8. The molecule has 1 aromatic heterocycles. The molecule has 2 aliphatic heterocycles. The zero-order valence-electron chi connectivity index (χ0n) is 15.8. The number of fused-ring (bicyclic) bond motifs is 1. The van der Waals surface area contributed by atoms with Gasteiger partial charge < -0.3 is 23.7 Å². The molecule has 0 amide bonds. The van der Waals surface area contributed by atoms with Gasteiger partial charge in [-0.15, -0.1) is 0 Å². The average Bonchev–Trinajstić information content (AvgIpc) is 3.36. The van der Waals surface area contributed by atoms with Gasteiger partial charge in [-0.2, -0.15) is 0 Å². The van der Waals surface area contributed by atoms with Crippen LogP contribution in [-0.2, 0) is 36.8 Å². The summed E-state index contributed by atoms with van der Waals surface area (Å²) in [7, 11) is 2.54. The predicted molar refractivity (Wildman–Crippen MR) is 100 cm³/mol. The molecule has 0 spiro atoms. The monoisotopic (exact) mass is 383 g/mol. The molecule has 0 aliphatic carbocycles. The number of rotatable bonds is 4. The highest BCUT2D eigenvalue weighted by atomic mass is 16.5. The van der Waals surface area contributed by atoms with Crippen LogP contribution in [0.4, 0.5) is 5.69 Å². The Morgan fingerprint density at radius 3 is 2.57 bits per heavy atom. The van der Waals surface area contributed by atoms with Crippen molar-refractivity contribution < 1.29 is 23.8 Å². The number of nitrogens with zero attached hydrogens (tertiary/aromatic N) is 3. The Bertz CT molecular complexity index is 945. The van der Waals surface area contributed by atoms with Crippen molar-refractivity contribution in [3.8, 4) is 11.3 Å². The molecule has 3 heterocycles. The van der Waals surface area contributed by atoms with Crippen LogP contribution in [0.25, 0.3) is 11.3 Å². The SMILES string of the molecule is COC(=O)C1=C(C(=O)OC)N(c2ccc(-c3cnc4n3CCC4)cc2)COC1. The van der Waals surface area contributed by atoms with E-state index in [2.05, 4.69) is 9.55 Å². The van der Waals surface area contributed by atoms with E-state index in [1.165, 1.54) is 14.2 Å². The maximum absolute atomic E-state index is 12.4. The van der Waals surface area contributed by atoms with Crippen LogP contribution in [0.15, 0.2) is 41.7 Å². The standard InChI is InChI=1S/C20H21N3O5/c1-26-19(24)15-11-28-12-23(18(15)20(25)27-2)14-7-5-13(6-8-14)16-10-21-17-4-3-9-22(16)17/h5-8,10H,3-4,9,11-12H2,1-2H3. The second-order valence-electron chi connectivity index (χ2n) is 6.58. The van der Waals surface area contributed by atoms with Gasteiger partial charge in [0, 0.05) is 18.7 Å². The van der Waals surface area contributed by atoms with E-state index in [9.17, 15) is 9.59 Å². The molecule has 0 radical (unpaired) electrons. The minimum absolute atomic E-state index is 0.00630. The van der Waals surface area contributed by atoms with Crippen LogP contribution < -0.4 is 4.90 Å². The molecule has 2 aliphatic rings. The van der Waals surface area contributed by atoms with Crippen molar-refractivity contribution in [2.24, 2.45) is 0 Å². The first-order chi connectivity index (χ1) is 13.6. The smallest absolute Gasteiger partial charge is 0.355 e. The molecule has 146 valence electrons. The van der Waals surface area contributed by atoms with Crippen LogP contribution >= 0.6 is 0 Å². The van der Waals surface area contributed by atoms with Crippen LogP contribution in [0.3, 0.4) is 0 Å². The van der Waals surface area contributed by atoms with Crippen LogP contribution in [-0.4, -0.2) is 49.0 Å². The molecule has 8 nitrogen and oxygen atoms in total. The van der Waals surface area contributed by atoms with Crippen molar-refractivity contribution in [2.45, 2.75) is 19.4 Å². The molecule has 28 heavy (non-hydrogen) atoms. The van der Waals surface area contributed by atoms with Gasteiger partial charge in [-0.1, -0.05) is 12.1 Å². The van der Waals surface area contributed by atoms with Crippen molar-refractivity contribution in [1.82, 2.24) is 9.55 Å². The first-order valence-corrected chi connectivity index (χ1v) is 9.04. The maximum atomic E-state index is 12.4. The highest BCUT2D eigenvalue weighted by Gasteiger charge is 2.32. The van der Waals surface area contributed by atoms with Gasteiger partial charge in [0.25, 0.3) is 0 Å². The minimum Gasteiger partial charge on any atom is -0.466 e. The Hall–Kier alpha value is -3.13. The lowest BCUT2D eigenvalue weighted by atomic mass is 10.1. The second-order valence-corrected chi connectivity index (χ2v) is 6.58. The van der Waals surface area contributed by atoms with E-state index < -0.39 is 11.9 Å². The number of imidazole rings is 1. The Morgan fingerprint density at radius 2 is 1.86 bits per heavy atom. The Labute approximate surface area is 162 Å². The van der Waals surface area contributed by atoms with Gasteiger partial charge in [0.1, 0.15) is 18.3 Å². The first kappa shape index (κ1) is 18.2. The van der Waals surface area contributed by atoms with Gasteiger partial charge in [0.2, 0.25) is 0 Å². The maximum Gasteiger partial charge on any atom is 0.355 e. The number of methoxy groups -OCH3 is 2. The van der Waals surface area contributed by atoms with Gasteiger partial charge in [0.15, 0.2) is 0 Å². The fourth-order valence-electron chi connectivity index (χ4n) is 3.65. The van der Waals surface area contributed by atoms with Crippen molar-refractivity contribution in [3.05, 3.63) is 47.6 Å². The van der Waals surface area contributed by atoms with Crippen LogP contribution in [0.2, 0.25) is 0 Å². The predicted octanol–water partition coefficient (Wildman–Crippen LogP) is 1.89. The lowest BCUT2D eigenvalue weighted by molar-refractivity contribution is -0.140. The summed E-state index contributed by atoms with van der Waals surface area (Å²) in [4.78, 5) is 30.6. The number of anilines is 1. The molecule has 0 bridgehead atoms. The Morgan fingerprint density at radius 1 is 1.11 bits per heavy atom. The Kier molecular flexibility index (Phi) is 4.87. The number of ether oxygens (including phenoxy) is 3. The molecule has 2 aromatic rings. The number of hydrogen-bond acceptors (Lipinski definition) is 7. The first-order valence-electron chi connectivity index (χ1n) is 9.04. The van der Waals surface area contributed by atoms with Gasteiger partial charge >= 0.3 is 11.9 Å². The van der Waals surface area contributed by atoms with Gasteiger partial charge in [0.05, 0.1) is 38.3 Å². The molecule has 1 aromatic carbocycles. The summed E-state index contributed by atoms with van der Waals surface area (Å²) < 4.78 is 17.4. The number of carbonyl (C=O) groups excluding carboxylic acids is 2. The highest BCUT2D eigenvalue weighted by Crippen LogP contribution is 2.30. The molecule has 0 atom stereocenters. The lowest BCUT2D eigenvalue weighted by Gasteiger charge is -2.31. The van der Waals surface area contributed by atoms with Crippen molar-refractivity contribution >= 4 is 17.6 Å². The highest BCUT2D eigenvalue weighted by molar-refractivity contribution is 6.03. The number of carbonyl (C=O) groups is 2. The van der Waals surface area contributed by atoms with Crippen LogP contribution in [0.1, 0.15) is 12.2 Å². The Balaban J connectivity index is 1.69. The topological polar surface area (TPSA) is 82.9 Å². The summed E-state index contributed by atoms with van der Waals surface area (Å²) in [6.07, 6.45) is 4.01. The van der Waals surface area contributed by atoms with Gasteiger partial charge in [-0.25, -0.2) is 14.6 Å². The van der Waals surface area contributed by atoms with E-state index in [1.54, 1.807) is 4.90 Å². The largest absolute Gasteiger partial charge is 0.466 e. The number of aryl methyl sites for hydroxylation is 1. The van der Waals surface area contributed by atoms with E-state index in [-0.39, 0.29) is 24.6 Å². The number of benzene rings is 1. The summed E-state index contributed by atoms with van der Waals surface area (Å²) in [5.41, 5.74) is 3.11. The third-order valence-electron chi connectivity index (χ3n) is 5.03. The number of hydrogen-bond donors (Lipinski definition) is 0. The van der Waals surface area contributed by atoms with Crippen molar-refractivity contribution in [3.63, 3.8) is 0 Å². The van der Waals surface area contributed by atoms with Crippen molar-refractivity contribution in [2.75, 3.05) is 32.5 Å². The van der Waals surface area contributed by atoms with E-state index in [4.69, 9.17) is 14.2 Å². The summed E-state index contributed by atoms with van der Waals surface area (Å²) in [5.74, 6) is -0.111. The summed E-state index contributed by atoms with van der Waals surface area (Å²) >= 11 is 0. The number of aromatic nitrogens is 2. The third kappa shape index (κ3) is 3.05. The fourth-order valence-corrected chi connectivity index (χ4v) is 3.65. The molecule has 0 saturated carbocycles. The molecular formula is C20H21N3O5. The molecule has 0 N–H and O–H groups in total. The number of esters is 2. The molecule has 0 fully saturated rings. The van der Waals surface area contributed by atoms with E-state index in [0.717, 1.165) is 36.5 Å². The van der Waals surface area contributed by atoms with E-state index in [1.807, 2.05) is 30.5 Å². The molecular weight excluding hydrogens is 362 g/mol. The summed E-state index contributed by atoms with van der Waals surface area (Å²) in [5, 5.41) is 0. The molecule has 8 heteroatoms. The normalized spacial score (nSPS) is 16.1. The van der Waals surface area contributed by atoms with Gasteiger partial charge in [-0.3, -0.25) is 0 Å². The third-order valence-corrected chi connectivity index (χ3v) is 5.03. The van der Waals surface area contributed by atoms with Crippen LogP contribution in [0, 0.1) is 0 Å². The van der Waals surface area contributed by atoms with E-state index in [0.29, 0.717) is 5.69 Å². The molecule has 4 rings (SSSR count). The minimum atomic E-state index is -0.614.